The summed E-state index contributed by atoms with van der Waals surface area (Å²) in [4.78, 5) is 13.2. The zero-order chi connectivity index (χ0) is 18.7. The number of carbonyl (C=O) groups excluding carboxylic acids is 1. The summed E-state index contributed by atoms with van der Waals surface area (Å²) in [5.41, 5.74) is -0.891. The molecular formula is C15H20F3N3O3S. The van der Waals surface area contributed by atoms with Crippen LogP contribution in [0.1, 0.15) is 12.5 Å². The summed E-state index contributed by atoms with van der Waals surface area (Å²) < 4.78 is 64.0. The third-order valence-electron chi connectivity index (χ3n) is 3.89. The van der Waals surface area contributed by atoms with Crippen LogP contribution in [-0.4, -0.2) is 62.8 Å². The van der Waals surface area contributed by atoms with Gasteiger partial charge in [-0.2, -0.15) is 17.5 Å². The minimum atomic E-state index is -4.51. The van der Waals surface area contributed by atoms with E-state index in [1.165, 1.54) is 4.31 Å². The van der Waals surface area contributed by atoms with E-state index in [0.29, 0.717) is 19.6 Å². The summed E-state index contributed by atoms with van der Waals surface area (Å²) in [6, 6.07) is 3.47. The van der Waals surface area contributed by atoms with E-state index in [4.69, 9.17) is 0 Å². The molecule has 0 unspecified atom stereocenters. The maximum Gasteiger partial charge on any atom is 0.416 e. The minimum Gasteiger partial charge on any atom is -0.355 e. The molecule has 6 nitrogen and oxygen atoms in total. The highest BCUT2D eigenvalue weighted by atomic mass is 32.2. The Bertz CT molecular complexity index is 697. The molecule has 10 heteroatoms. The number of likely N-dealkylation sites (N-methyl/N-ethyl adjacent to an activating group) is 1. The number of carbonyl (C=O) groups is 1. The van der Waals surface area contributed by atoms with Gasteiger partial charge in [0.2, 0.25) is 15.9 Å². The highest BCUT2D eigenvalue weighted by Gasteiger charge is 2.32. The Hall–Kier alpha value is -1.65. The van der Waals surface area contributed by atoms with E-state index in [0.717, 1.165) is 24.3 Å². The number of piperazine rings is 1. The number of halogens is 3. The van der Waals surface area contributed by atoms with Gasteiger partial charge in [-0.15, -0.1) is 0 Å². The summed E-state index contributed by atoms with van der Waals surface area (Å²) in [6.45, 7) is 3.68. The van der Waals surface area contributed by atoms with Gasteiger partial charge in [0.05, 0.1) is 17.0 Å². The molecular weight excluding hydrogens is 359 g/mol. The molecule has 0 bridgehead atoms. The van der Waals surface area contributed by atoms with Crippen LogP contribution in [0.4, 0.5) is 13.2 Å². The van der Waals surface area contributed by atoms with Crippen LogP contribution in [0, 0.1) is 0 Å². The molecule has 1 aliphatic rings. The molecule has 1 amide bonds. The van der Waals surface area contributed by atoms with Crippen LogP contribution >= 0.6 is 0 Å². The highest BCUT2D eigenvalue weighted by molar-refractivity contribution is 7.89. The van der Waals surface area contributed by atoms with E-state index in [9.17, 15) is 26.4 Å². The lowest BCUT2D eigenvalue weighted by Gasteiger charge is -2.33. The van der Waals surface area contributed by atoms with Crippen LogP contribution in [0.3, 0.4) is 0 Å². The average Bonchev–Trinajstić information content (AvgIpc) is 2.55. The molecule has 0 aromatic heterocycles. The standard InChI is InChI=1S/C15H20F3N3O3S/c1-2-19-14(22)11-20-7-9-21(10-8-20)25(23,24)13-5-3-12(4-6-13)15(16,17)18/h3-6H,2,7-11H2,1H3,(H,19,22). The molecule has 1 fully saturated rings. The summed E-state index contributed by atoms with van der Waals surface area (Å²) in [5.74, 6) is -0.124. The zero-order valence-corrected chi connectivity index (χ0v) is 14.5. The molecule has 1 aromatic rings. The van der Waals surface area contributed by atoms with Crippen LogP contribution in [0.25, 0.3) is 0 Å². The molecule has 25 heavy (non-hydrogen) atoms. The van der Waals surface area contributed by atoms with Crippen molar-refractivity contribution in [3.05, 3.63) is 29.8 Å². The van der Waals surface area contributed by atoms with Gasteiger partial charge < -0.3 is 5.32 Å². The highest BCUT2D eigenvalue weighted by Crippen LogP contribution is 2.30. The average molecular weight is 379 g/mol. The second-order valence-corrected chi connectivity index (χ2v) is 7.59. The van der Waals surface area contributed by atoms with Gasteiger partial charge in [0.25, 0.3) is 0 Å². The van der Waals surface area contributed by atoms with Gasteiger partial charge in [-0.3, -0.25) is 9.69 Å². The molecule has 1 heterocycles. The molecule has 1 saturated heterocycles. The third kappa shape index (κ3) is 4.93. The third-order valence-corrected chi connectivity index (χ3v) is 5.80. The van der Waals surface area contributed by atoms with Crippen LogP contribution in [-0.2, 0) is 21.0 Å². The monoisotopic (exact) mass is 379 g/mol. The van der Waals surface area contributed by atoms with Crippen molar-refractivity contribution in [2.45, 2.75) is 18.0 Å². The number of hydrogen-bond donors (Lipinski definition) is 1. The second-order valence-electron chi connectivity index (χ2n) is 5.66. The van der Waals surface area contributed by atoms with Gasteiger partial charge in [0, 0.05) is 32.7 Å². The van der Waals surface area contributed by atoms with Crippen molar-refractivity contribution in [3.63, 3.8) is 0 Å². The number of benzene rings is 1. The summed E-state index contributed by atoms with van der Waals surface area (Å²) in [6.07, 6.45) is -4.51. The SMILES string of the molecule is CCNC(=O)CN1CCN(S(=O)(=O)c2ccc(C(F)(F)F)cc2)CC1. The lowest BCUT2D eigenvalue weighted by molar-refractivity contribution is -0.137. The van der Waals surface area contributed by atoms with Gasteiger partial charge in [-0.1, -0.05) is 0 Å². The van der Waals surface area contributed by atoms with Gasteiger partial charge >= 0.3 is 6.18 Å². The topological polar surface area (TPSA) is 69.7 Å². The Morgan fingerprint density at radius 2 is 1.68 bits per heavy atom. The molecule has 0 radical (unpaired) electrons. The first-order valence-corrected chi connectivity index (χ1v) is 9.25. The van der Waals surface area contributed by atoms with Gasteiger partial charge in [-0.05, 0) is 31.2 Å². The summed E-state index contributed by atoms with van der Waals surface area (Å²) >= 11 is 0. The second kappa shape index (κ2) is 7.71. The van der Waals surface area contributed by atoms with E-state index in [2.05, 4.69) is 5.32 Å². The summed E-state index contributed by atoms with van der Waals surface area (Å²) in [5, 5.41) is 2.67. The first-order chi connectivity index (χ1) is 11.6. The molecule has 1 aliphatic heterocycles. The molecule has 0 spiro atoms. The van der Waals surface area contributed by atoms with E-state index >= 15 is 0 Å². The molecule has 2 rings (SSSR count). The van der Waals surface area contributed by atoms with Crippen molar-refractivity contribution >= 4 is 15.9 Å². The van der Waals surface area contributed by atoms with Crippen molar-refractivity contribution < 1.29 is 26.4 Å². The van der Waals surface area contributed by atoms with Crippen molar-refractivity contribution in [3.8, 4) is 0 Å². The minimum absolute atomic E-state index is 0.124. The van der Waals surface area contributed by atoms with E-state index in [-0.39, 0.29) is 30.4 Å². The number of nitrogens with one attached hydrogen (secondary N) is 1. The van der Waals surface area contributed by atoms with Crippen molar-refractivity contribution in [1.82, 2.24) is 14.5 Å². The lowest BCUT2D eigenvalue weighted by atomic mass is 10.2. The number of amides is 1. The Balaban J connectivity index is 2.01. The maximum absolute atomic E-state index is 12.6. The first-order valence-electron chi connectivity index (χ1n) is 7.81. The Morgan fingerprint density at radius 1 is 1.12 bits per heavy atom. The molecule has 0 atom stereocenters. The predicted octanol–water partition coefficient (Wildman–Crippen LogP) is 1.15. The number of alkyl halides is 3. The first kappa shape index (κ1) is 19.7. The predicted molar refractivity (Wildman–Crippen MR) is 85.3 cm³/mol. The molecule has 0 saturated carbocycles. The van der Waals surface area contributed by atoms with Crippen LogP contribution in [0.15, 0.2) is 29.2 Å². The zero-order valence-electron chi connectivity index (χ0n) is 13.7. The fourth-order valence-electron chi connectivity index (χ4n) is 2.55. The van der Waals surface area contributed by atoms with Crippen LogP contribution < -0.4 is 5.32 Å². The smallest absolute Gasteiger partial charge is 0.355 e. The summed E-state index contributed by atoms with van der Waals surface area (Å²) in [7, 11) is -3.85. The fourth-order valence-corrected chi connectivity index (χ4v) is 3.97. The van der Waals surface area contributed by atoms with Crippen LogP contribution in [0.5, 0.6) is 0 Å². The van der Waals surface area contributed by atoms with Crippen molar-refractivity contribution in [2.75, 3.05) is 39.3 Å². The quantitative estimate of drug-likeness (QED) is 0.833. The number of nitrogens with zero attached hydrogens (tertiary/aromatic N) is 2. The largest absolute Gasteiger partial charge is 0.416 e. The molecule has 140 valence electrons. The Labute approximate surface area is 144 Å². The van der Waals surface area contributed by atoms with Crippen molar-refractivity contribution in [1.29, 1.82) is 0 Å². The number of rotatable bonds is 5. The van der Waals surface area contributed by atoms with Gasteiger partial charge in [0.1, 0.15) is 0 Å². The van der Waals surface area contributed by atoms with Gasteiger partial charge in [-0.25, -0.2) is 8.42 Å². The Morgan fingerprint density at radius 3 is 2.16 bits per heavy atom. The maximum atomic E-state index is 12.6. The molecule has 1 N–H and O–H groups in total. The Kier molecular flexibility index (Phi) is 6.07. The number of hydrogen-bond acceptors (Lipinski definition) is 4. The molecule has 1 aromatic carbocycles. The number of sulfonamides is 1. The van der Waals surface area contributed by atoms with E-state index in [1.54, 1.807) is 0 Å². The fraction of sp³-hybridized carbons (Fsp3) is 0.533. The van der Waals surface area contributed by atoms with Crippen LogP contribution in [0.2, 0.25) is 0 Å². The van der Waals surface area contributed by atoms with E-state index in [1.807, 2.05) is 11.8 Å². The molecule has 0 aliphatic carbocycles. The lowest BCUT2D eigenvalue weighted by Crippen LogP contribution is -2.51. The van der Waals surface area contributed by atoms with Gasteiger partial charge in [0.15, 0.2) is 0 Å². The normalized spacial score (nSPS) is 17.4. The van der Waals surface area contributed by atoms with Crippen molar-refractivity contribution in [2.24, 2.45) is 0 Å². The van der Waals surface area contributed by atoms with E-state index < -0.39 is 21.8 Å².